The van der Waals surface area contributed by atoms with Crippen LogP contribution >= 0.6 is 0 Å². The second kappa shape index (κ2) is 4.38. The molecule has 0 radical (unpaired) electrons. The molecule has 0 unspecified atom stereocenters. The molecule has 1 aliphatic rings. The van der Waals surface area contributed by atoms with Crippen molar-refractivity contribution in [2.24, 2.45) is 11.7 Å². The van der Waals surface area contributed by atoms with Crippen LogP contribution in [0.15, 0.2) is 0 Å². The van der Waals surface area contributed by atoms with Gasteiger partial charge in [-0.2, -0.15) is 0 Å². The minimum atomic E-state index is -0.520. The van der Waals surface area contributed by atoms with E-state index in [1.54, 1.807) is 0 Å². The van der Waals surface area contributed by atoms with Gasteiger partial charge in [-0.1, -0.05) is 13.8 Å². The van der Waals surface area contributed by atoms with Crippen molar-refractivity contribution in [3.63, 3.8) is 0 Å². The first-order valence-corrected chi connectivity index (χ1v) is 5.13. The third kappa shape index (κ3) is 3.24. The fourth-order valence-electron chi connectivity index (χ4n) is 1.83. The first-order valence-electron chi connectivity index (χ1n) is 5.13. The lowest BCUT2D eigenvalue weighted by molar-refractivity contribution is 0.130. The van der Waals surface area contributed by atoms with E-state index in [1.807, 2.05) is 0 Å². The highest BCUT2D eigenvalue weighted by molar-refractivity contribution is 4.89. The fraction of sp³-hybridized carbons (Fsp3) is 1.00. The van der Waals surface area contributed by atoms with Gasteiger partial charge in [0.05, 0.1) is 0 Å². The lowest BCUT2D eigenvalue weighted by Gasteiger charge is -2.38. The smallest absolute Gasteiger partial charge is 0.107 e. The van der Waals surface area contributed by atoms with Gasteiger partial charge in [0.15, 0.2) is 0 Å². The maximum absolute atomic E-state index is 12.5. The second-order valence-electron chi connectivity index (χ2n) is 4.69. The lowest BCUT2D eigenvalue weighted by Crippen LogP contribution is -2.52. The molecule has 0 spiro atoms. The topological polar surface area (TPSA) is 29.3 Å². The van der Waals surface area contributed by atoms with Crippen molar-refractivity contribution in [1.82, 2.24) is 4.90 Å². The van der Waals surface area contributed by atoms with Gasteiger partial charge in [-0.15, -0.1) is 0 Å². The number of nitrogens with zero attached hydrogens (tertiary/aromatic N) is 1. The number of hydrogen-bond acceptors (Lipinski definition) is 2. The van der Waals surface area contributed by atoms with Crippen molar-refractivity contribution >= 4 is 0 Å². The van der Waals surface area contributed by atoms with Gasteiger partial charge < -0.3 is 10.6 Å². The Kier molecular flexibility index (Phi) is 3.68. The highest BCUT2D eigenvalue weighted by Crippen LogP contribution is 2.20. The predicted octanol–water partition coefficient (Wildman–Crippen LogP) is 1.41. The summed E-state index contributed by atoms with van der Waals surface area (Å²) in [4.78, 5) is 2.38. The number of likely N-dealkylation sites (tertiary alicyclic amines) is 1. The van der Waals surface area contributed by atoms with Crippen molar-refractivity contribution in [2.45, 2.75) is 32.2 Å². The largest absolute Gasteiger partial charge is 0.323 e. The Labute approximate surface area is 80.3 Å². The fourth-order valence-corrected chi connectivity index (χ4v) is 1.83. The summed E-state index contributed by atoms with van der Waals surface area (Å²) in [5, 5.41) is 0. The van der Waals surface area contributed by atoms with Crippen molar-refractivity contribution in [3.8, 4) is 0 Å². The Balaban J connectivity index is 2.30. The Morgan fingerprint density at radius 3 is 2.31 bits per heavy atom. The van der Waals surface area contributed by atoms with Crippen molar-refractivity contribution < 1.29 is 4.39 Å². The van der Waals surface area contributed by atoms with Crippen LogP contribution in [0.3, 0.4) is 0 Å². The van der Waals surface area contributed by atoms with Crippen LogP contribution in [-0.2, 0) is 0 Å². The molecule has 0 aromatic heterocycles. The predicted molar refractivity (Wildman–Crippen MR) is 53.4 cm³/mol. The summed E-state index contributed by atoms with van der Waals surface area (Å²) < 4.78 is 12.5. The molecule has 0 bridgehead atoms. The Morgan fingerprint density at radius 2 is 1.92 bits per heavy atom. The van der Waals surface area contributed by atoms with E-state index in [1.165, 1.54) is 0 Å². The molecule has 1 saturated heterocycles. The van der Waals surface area contributed by atoms with E-state index in [4.69, 9.17) is 5.73 Å². The Hall–Kier alpha value is -0.150. The first kappa shape index (κ1) is 10.9. The van der Waals surface area contributed by atoms with Gasteiger partial charge in [0.25, 0.3) is 0 Å². The van der Waals surface area contributed by atoms with Crippen LogP contribution < -0.4 is 5.73 Å². The van der Waals surface area contributed by atoms with E-state index in [-0.39, 0.29) is 6.67 Å². The van der Waals surface area contributed by atoms with E-state index < -0.39 is 5.54 Å². The van der Waals surface area contributed by atoms with Gasteiger partial charge in [0.2, 0.25) is 0 Å². The van der Waals surface area contributed by atoms with Crippen LogP contribution in [0.5, 0.6) is 0 Å². The zero-order valence-electron chi connectivity index (χ0n) is 8.72. The van der Waals surface area contributed by atoms with Crippen LogP contribution in [0, 0.1) is 5.92 Å². The maximum atomic E-state index is 12.5. The highest BCUT2D eigenvalue weighted by atomic mass is 19.1. The molecule has 1 fully saturated rings. The maximum Gasteiger partial charge on any atom is 0.107 e. The highest BCUT2D eigenvalue weighted by Gasteiger charge is 2.30. The molecule has 0 aromatic carbocycles. The first-order chi connectivity index (χ1) is 6.06. The summed E-state index contributed by atoms with van der Waals surface area (Å²) in [6, 6.07) is 0. The molecule has 0 amide bonds. The molecular formula is C10H21FN2. The molecule has 0 saturated carbocycles. The summed E-state index contributed by atoms with van der Waals surface area (Å²) in [6.07, 6.45) is 1.60. The summed E-state index contributed by atoms with van der Waals surface area (Å²) in [7, 11) is 0. The van der Waals surface area contributed by atoms with E-state index in [2.05, 4.69) is 18.7 Å². The summed E-state index contributed by atoms with van der Waals surface area (Å²) >= 11 is 0. The summed E-state index contributed by atoms with van der Waals surface area (Å²) in [6.45, 7) is 7.07. The monoisotopic (exact) mass is 188 g/mol. The molecule has 0 aliphatic carbocycles. The van der Waals surface area contributed by atoms with Gasteiger partial charge in [-0.05, 0) is 31.8 Å². The molecule has 0 aromatic rings. The van der Waals surface area contributed by atoms with Gasteiger partial charge in [0, 0.05) is 12.1 Å². The molecule has 1 heterocycles. The molecule has 2 nitrogen and oxygen atoms in total. The van der Waals surface area contributed by atoms with E-state index in [0.29, 0.717) is 5.92 Å². The second-order valence-corrected chi connectivity index (χ2v) is 4.69. The van der Waals surface area contributed by atoms with E-state index in [9.17, 15) is 4.39 Å². The average Bonchev–Trinajstić information content (AvgIpc) is 2.09. The standard InChI is InChI=1S/C10H21FN2/c1-9(2)7-13-5-3-10(12,8-11)4-6-13/h9H,3-8,12H2,1-2H3. The summed E-state index contributed by atoms with van der Waals surface area (Å²) in [5.74, 6) is 0.690. The Bertz CT molecular complexity index is 151. The van der Waals surface area contributed by atoms with Crippen LogP contribution in [-0.4, -0.2) is 36.7 Å². The molecule has 0 atom stereocenters. The molecular weight excluding hydrogens is 167 g/mol. The van der Waals surface area contributed by atoms with Crippen molar-refractivity contribution in [2.75, 3.05) is 26.3 Å². The number of rotatable bonds is 3. The van der Waals surface area contributed by atoms with Crippen LogP contribution in [0.25, 0.3) is 0 Å². The minimum absolute atomic E-state index is 0.373. The lowest BCUT2D eigenvalue weighted by atomic mass is 9.90. The Morgan fingerprint density at radius 1 is 1.38 bits per heavy atom. The van der Waals surface area contributed by atoms with Crippen LogP contribution in [0.2, 0.25) is 0 Å². The quantitative estimate of drug-likeness (QED) is 0.725. The van der Waals surface area contributed by atoms with Gasteiger partial charge in [-0.25, -0.2) is 4.39 Å². The zero-order chi connectivity index (χ0) is 9.90. The molecule has 78 valence electrons. The van der Waals surface area contributed by atoms with Gasteiger partial charge >= 0.3 is 0 Å². The SMILES string of the molecule is CC(C)CN1CCC(N)(CF)CC1. The number of nitrogens with two attached hydrogens (primary N) is 1. The molecule has 1 aliphatic heterocycles. The van der Waals surface area contributed by atoms with Crippen molar-refractivity contribution in [3.05, 3.63) is 0 Å². The third-order valence-corrected chi connectivity index (χ3v) is 2.74. The van der Waals surface area contributed by atoms with Crippen molar-refractivity contribution in [1.29, 1.82) is 0 Å². The zero-order valence-corrected chi connectivity index (χ0v) is 8.72. The number of piperidine rings is 1. The molecule has 1 rings (SSSR count). The van der Waals surface area contributed by atoms with E-state index in [0.717, 1.165) is 32.5 Å². The molecule has 13 heavy (non-hydrogen) atoms. The number of alkyl halides is 1. The number of halogens is 1. The normalized spacial score (nSPS) is 23.8. The van der Waals surface area contributed by atoms with Gasteiger partial charge in [0.1, 0.15) is 6.67 Å². The van der Waals surface area contributed by atoms with E-state index >= 15 is 0 Å². The summed E-state index contributed by atoms with van der Waals surface area (Å²) in [5.41, 5.74) is 5.33. The number of hydrogen-bond donors (Lipinski definition) is 1. The van der Waals surface area contributed by atoms with Crippen LogP contribution in [0.1, 0.15) is 26.7 Å². The van der Waals surface area contributed by atoms with Crippen LogP contribution in [0.4, 0.5) is 4.39 Å². The van der Waals surface area contributed by atoms with Gasteiger partial charge in [-0.3, -0.25) is 0 Å². The molecule has 2 N–H and O–H groups in total. The molecule has 3 heteroatoms. The average molecular weight is 188 g/mol. The minimum Gasteiger partial charge on any atom is -0.323 e. The third-order valence-electron chi connectivity index (χ3n) is 2.74.